The van der Waals surface area contributed by atoms with Crippen LogP contribution in [-0.4, -0.2) is 54.3 Å². The molecule has 1 aromatic carbocycles. The Morgan fingerprint density at radius 2 is 1.95 bits per heavy atom. The van der Waals surface area contributed by atoms with Crippen LogP contribution in [-0.2, 0) is 14.3 Å². The molecule has 0 spiro atoms. The van der Waals surface area contributed by atoms with E-state index in [0.717, 1.165) is 10.6 Å². The summed E-state index contributed by atoms with van der Waals surface area (Å²) in [4.78, 5) is 29.3. The van der Waals surface area contributed by atoms with E-state index >= 15 is 0 Å². The number of hydrogen-bond acceptors (Lipinski definition) is 4. The number of thioether (sulfide) groups is 1. The minimum atomic E-state index is -0.0166. The van der Waals surface area contributed by atoms with E-state index in [1.54, 1.807) is 9.80 Å². The molecule has 2 atom stereocenters. The largest absolute Gasteiger partial charge is 0.372 e. The highest BCUT2D eigenvalue weighted by Gasteiger charge is 2.31. The van der Waals surface area contributed by atoms with Crippen LogP contribution in [0.5, 0.6) is 0 Å². The van der Waals surface area contributed by atoms with Gasteiger partial charge in [-0.25, -0.2) is 0 Å². The molecule has 0 unspecified atom stereocenters. The predicted octanol–water partition coefficient (Wildman–Crippen LogP) is 1.76. The summed E-state index contributed by atoms with van der Waals surface area (Å²) in [6.07, 6.45) is 0.0696. The lowest BCUT2D eigenvalue weighted by atomic mass is 10.2. The van der Waals surface area contributed by atoms with Gasteiger partial charge in [0.2, 0.25) is 11.8 Å². The van der Waals surface area contributed by atoms with Crippen molar-refractivity contribution in [3.63, 3.8) is 0 Å². The Kier molecular flexibility index (Phi) is 4.40. The molecule has 3 rings (SSSR count). The molecule has 0 bridgehead atoms. The molecular formula is C16H20N2O3S. The molecule has 1 aromatic rings. The monoisotopic (exact) mass is 320 g/mol. The Bertz CT molecular complexity index is 583. The SMILES string of the molecule is C[C@H]1CN(C(=O)CN2C(=O)CSc3ccccc32)C[C@H](C)O1. The third kappa shape index (κ3) is 3.13. The third-order valence-corrected chi connectivity index (χ3v) is 4.92. The van der Waals surface area contributed by atoms with Crippen molar-refractivity contribution in [2.45, 2.75) is 31.0 Å². The summed E-state index contributed by atoms with van der Waals surface area (Å²) in [6, 6.07) is 7.74. The molecule has 6 heteroatoms. The summed E-state index contributed by atoms with van der Waals surface area (Å²) in [6.45, 7) is 5.21. The highest BCUT2D eigenvalue weighted by Crippen LogP contribution is 2.34. The van der Waals surface area contributed by atoms with Gasteiger partial charge in [-0.3, -0.25) is 9.59 Å². The lowest BCUT2D eigenvalue weighted by molar-refractivity contribution is -0.142. The molecule has 1 saturated heterocycles. The fraction of sp³-hybridized carbons (Fsp3) is 0.500. The van der Waals surface area contributed by atoms with Crippen LogP contribution >= 0.6 is 11.8 Å². The van der Waals surface area contributed by atoms with Crippen LogP contribution in [0.1, 0.15) is 13.8 Å². The van der Waals surface area contributed by atoms with Crippen LogP contribution in [0, 0.1) is 0 Å². The minimum Gasteiger partial charge on any atom is -0.372 e. The maximum Gasteiger partial charge on any atom is 0.242 e. The van der Waals surface area contributed by atoms with Crippen LogP contribution < -0.4 is 4.90 Å². The molecule has 118 valence electrons. The highest BCUT2D eigenvalue weighted by atomic mass is 32.2. The summed E-state index contributed by atoms with van der Waals surface area (Å²) in [5.41, 5.74) is 0.839. The number of para-hydroxylation sites is 1. The van der Waals surface area contributed by atoms with Gasteiger partial charge in [-0.1, -0.05) is 12.1 Å². The Hall–Kier alpha value is -1.53. The van der Waals surface area contributed by atoms with Crippen molar-refractivity contribution >= 4 is 29.3 Å². The maximum absolute atomic E-state index is 12.6. The number of benzene rings is 1. The standard InChI is InChI=1S/C16H20N2O3S/c1-11-7-17(8-12(2)21-11)15(19)9-18-13-5-3-4-6-14(13)22-10-16(18)20/h3-6,11-12H,7-10H2,1-2H3/t11-,12-/m0/s1. The van der Waals surface area contributed by atoms with Crippen LogP contribution in [0.4, 0.5) is 5.69 Å². The minimum absolute atomic E-state index is 0.00796. The third-order valence-electron chi connectivity index (χ3n) is 3.87. The zero-order valence-electron chi connectivity index (χ0n) is 12.8. The van der Waals surface area contributed by atoms with Gasteiger partial charge < -0.3 is 14.5 Å². The highest BCUT2D eigenvalue weighted by molar-refractivity contribution is 8.00. The number of carbonyl (C=O) groups is 2. The molecule has 2 aliphatic rings. The van der Waals surface area contributed by atoms with Crippen molar-refractivity contribution in [3.8, 4) is 0 Å². The summed E-state index contributed by atoms with van der Waals surface area (Å²) in [5, 5.41) is 0. The quantitative estimate of drug-likeness (QED) is 0.833. The van der Waals surface area contributed by atoms with Gasteiger partial charge in [0.05, 0.1) is 23.6 Å². The number of rotatable bonds is 2. The zero-order valence-corrected chi connectivity index (χ0v) is 13.6. The van der Waals surface area contributed by atoms with Crippen molar-refractivity contribution < 1.29 is 14.3 Å². The van der Waals surface area contributed by atoms with Gasteiger partial charge in [0.15, 0.2) is 0 Å². The Balaban J connectivity index is 1.75. The summed E-state index contributed by atoms with van der Waals surface area (Å²) in [5.74, 6) is 0.365. The van der Waals surface area contributed by atoms with Gasteiger partial charge >= 0.3 is 0 Å². The number of ether oxygens (including phenoxy) is 1. The van der Waals surface area contributed by atoms with Crippen LogP contribution in [0.2, 0.25) is 0 Å². The van der Waals surface area contributed by atoms with E-state index in [1.165, 1.54) is 11.8 Å². The van der Waals surface area contributed by atoms with Gasteiger partial charge in [-0.2, -0.15) is 0 Å². The van der Waals surface area contributed by atoms with E-state index < -0.39 is 0 Å². The number of fused-ring (bicyclic) bond motifs is 1. The van der Waals surface area contributed by atoms with Gasteiger partial charge in [-0.15, -0.1) is 11.8 Å². The first-order chi connectivity index (χ1) is 10.5. The Labute approximate surface area is 134 Å². The topological polar surface area (TPSA) is 49.9 Å². The number of carbonyl (C=O) groups excluding carboxylic acids is 2. The lowest BCUT2D eigenvalue weighted by Gasteiger charge is -2.37. The van der Waals surface area contributed by atoms with Crippen LogP contribution in [0.25, 0.3) is 0 Å². The molecule has 0 aromatic heterocycles. The molecule has 0 saturated carbocycles. The summed E-state index contributed by atoms with van der Waals surface area (Å²) >= 11 is 1.53. The van der Waals surface area contributed by atoms with Crippen molar-refractivity contribution in [1.82, 2.24) is 4.90 Å². The van der Waals surface area contributed by atoms with E-state index in [9.17, 15) is 9.59 Å². The molecule has 2 amide bonds. The molecule has 0 radical (unpaired) electrons. The molecule has 2 aliphatic heterocycles. The Morgan fingerprint density at radius 1 is 1.27 bits per heavy atom. The number of morpholine rings is 1. The van der Waals surface area contributed by atoms with Crippen LogP contribution in [0.3, 0.4) is 0 Å². The number of hydrogen-bond donors (Lipinski definition) is 0. The summed E-state index contributed by atoms with van der Waals surface area (Å²) in [7, 11) is 0. The predicted molar refractivity (Wildman–Crippen MR) is 86.1 cm³/mol. The molecular weight excluding hydrogens is 300 g/mol. The van der Waals surface area contributed by atoms with E-state index in [-0.39, 0.29) is 30.6 Å². The fourth-order valence-electron chi connectivity index (χ4n) is 2.94. The average Bonchev–Trinajstić information content (AvgIpc) is 2.49. The number of nitrogens with zero attached hydrogens (tertiary/aromatic N) is 2. The molecule has 0 aliphatic carbocycles. The molecule has 5 nitrogen and oxygen atoms in total. The fourth-order valence-corrected chi connectivity index (χ4v) is 3.88. The second-order valence-electron chi connectivity index (χ2n) is 5.79. The zero-order chi connectivity index (χ0) is 15.7. The normalized spacial score (nSPS) is 25.1. The van der Waals surface area contributed by atoms with Crippen molar-refractivity contribution in [1.29, 1.82) is 0 Å². The number of amides is 2. The first-order valence-electron chi connectivity index (χ1n) is 7.50. The second-order valence-corrected chi connectivity index (χ2v) is 6.81. The number of anilines is 1. The first kappa shape index (κ1) is 15.4. The maximum atomic E-state index is 12.6. The van der Waals surface area contributed by atoms with Crippen molar-refractivity contribution in [2.75, 3.05) is 30.3 Å². The van der Waals surface area contributed by atoms with E-state index in [4.69, 9.17) is 4.74 Å². The van der Waals surface area contributed by atoms with Crippen LogP contribution in [0.15, 0.2) is 29.2 Å². The van der Waals surface area contributed by atoms with E-state index in [2.05, 4.69) is 0 Å². The van der Waals surface area contributed by atoms with Crippen molar-refractivity contribution in [3.05, 3.63) is 24.3 Å². The van der Waals surface area contributed by atoms with E-state index in [1.807, 2.05) is 38.1 Å². The average molecular weight is 320 g/mol. The second kappa shape index (κ2) is 6.30. The van der Waals surface area contributed by atoms with Gasteiger partial charge in [0.1, 0.15) is 6.54 Å². The van der Waals surface area contributed by atoms with Crippen molar-refractivity contribution in [2.24, 2.45) is 0 Å². The van der Waals surface area contributed by atoms with Gasteiger partial charge in [0.25, 0.3) is 0 Å². The molecule has 1 fully saturated rings. The van der Waals surface area contributed by atoms with E-state index in [0.29, 0.717) is 18.8 Å². The lowest BCUT2D eigenvalue weighted by Crippen LogP contribution is -2.52. The smallest absolute Gasteiger partial charge is 0.242 e. The summed E-state index contributed by atoms with van der Waals surface area (Å²) < 4.78 is 5.66. The van der Waals surface area contributed by atoms with Gasteiger partial charge in [0, 0.05) is 18.0 Å². The van der Waals surface area contributed by atoms with Gasteiger partial charge in [-0.05, 0) is 26.0 Å². The first-order valence-corrected chi connectivity index (χ1v) is 8.48. The molecule has 22 heavy (non-hydrogen) atoms. The molecule has 2 heterocycles. The Morgan fingerprint density at radius 3 is 2.68 bits per heavy atom. The molecule has 0 N–H and O–H groups in total.